The second-order valence-electron chi connectivity index (χ2n) is 4.42. The third-order valence-corrected chi connectivity index (χ3v) is 3.22. The Balaban J connectivity index is 2.72. The second-order valence-corrected chi connectivity index (χ2v) is 4.42. The number of fused-ring (bicyclic) bond motifs is 1. The number of halogens is 3. The van der Waals surface area contributed by atoms with Crippen LogP contribution in [0.2, 0.25) is 0 Å². The molecule has 1 atom stereocenters. The molecule has 1 aromatic rings. The van der Waals surface area contributed by atoms with E-state index in [-0.39, 0.29) is 17.7 Å². The minimum atomic E-state index is -4.58. The molecule has 0 radical (unpaired) electrons. The Labute approximate surface area is 108 Å². The summed E-state index contributed by atoms with van der Waals surface area (Å²) in [5.74, 6) is -0.779. The fourth-order valence-electron chi connectivity index (χ4n) is 2.37. The van der Waals surface area contributed by atoms with Crippen LogP contribution < -0.4 is 4.90 Å². The van der Waals surface area contributed by atoms with Crippen molar-refractivity contribution in [1.29, 1.82) is 0 Å². The normalized spacial score (nSPS) is 22.6. The van der Waals surface area contributed by atoms with Crippen molar-refractivity contribution in [2.45, 2.75) is 18.2 Å². The molecule has 3 nitrogen and oxygen atoms in total. The SMILES string of the molecule is C=CC[C@]1(O)C(=O)N(C)c2c(C(F)(F)F)cccc21. The number of benzene rings is 1. The molecule has 0 fully saturated rings. The maximum absolute atomic E-state index is 12.9. The first-order chi connectivity index (χ1) is 8.73. The smallest absolute Gasteiger partial charge is 0.375 e. The van der Waals surface area contributed by atoms with Crippen LogP contribution in [0.15, 0.2) is 30.9 Å². The second kappa shape index (κ2) is 4.09. The molecule has 1 aliphatic rings. The van der Waals surface area contributed by atoms with Crippen LogP contribution in [0.5, 0.6) is 0 Å². The number of hydrogen-bond donors (Lipinski definition) is 1. The van der Waals surface area contributed by atoms with Crippen molar-refractivity contribution < 1.29 is 23.1 Å². The number of carbonyl (C=O) groups is 1. The number of rotatable bonds is 2. The Morgan fingerprint density at radius 3 is 2.63 bits per heavy atom. The molecule has 2 rings (SSSR count). The Hall–Kier alpha value is -1.82. The van der Waals surface area contributed by atoms with E-state index in [1.165, 1.54) is 25.3 Å². The topological polar surface area (TPSA) is 40.5 Å². The molecule has 0 aromatic heterocycles. The lowest BCUT2D eigenvalue weighted by Crippen LogP contribution is -2.38. The number of anilines is 1. The van der Waals surface area contributed by atoms with Crippen LogP contribution in [0.1, 0.15) is 17.5 Å². The molecule has 1 N–H and O–H groups in total. The molecular weight excluding hydrogens is 259 g/mol. The fraction of sp³-hybridized carbons (Fsp3) is 0.308. The van der Waals surface area contributed by atoms with Crippen molar-refractivity contribution in [1.82, 2.24) is 0 Å². The Bertz CT molecular complexity index is 553. The predicted octanol–water partition coefficient (Wildman–Crippen LogP) is 2.45. The van der Waals surface area contributed by atoms with Gasteiger partial charge in [-0.15, -0.1) is 6.58 Å². The van der Waals surface area contributed by atoms with Crippen LogP contribution in [0.4, 0.5) is 18.9 Å². The Morgan fingerprint density at radius 2 is 2.11 bits per heavy atom. The van der Waals surface area contributed by atoms with Crippen molar-refractivity contribution in [2.75, 3.05) is 11.9 Å². The largest absolute Gasteiger partial charge is 0.418 e. The third kappa shape index (κ3) is 1.83. The van der Waals surface area contributed by atoms with Gasteiger partial charge >= 0.3 is 6.18 Å². The van der Waals surface area contributed by atoms with Crippen molar-refractivity contribution >= 4 is 11.6 Å². The van der Waals surface area contributed by atoms with E-state index >= 15 is 0 Å². The van der Waals surface area contributed by atoms with Gasteiger partial charge in [-0.1, -0.05) is 18.2 Å². The maximum atomic E-state index is 12.9. The van der Waals surface area contributed by atoms with E-state index in [2.05, 4.69) is 6.58 Å². The Kier molecular flexibility index (Phi) is 2.93. The van der Waals surface area contributed by atoms with Gasteiger partial charge in [-0.25, -0.2) is 0 Å². The number of aliphatic hydroxyl groups is 1. The standard InChI is InChI=1S/C13H12F3NO2/c1-3-7-12(19)8-5-4-6-9(13(14,15)16)10(8)17(2)11(12)18/h3-6,19H,1,7H2,2H3/t12-/m1/s1. The lowest BCUT2D eigenvalue weighted by atomic mass is 9.91. The number of likely N-dealkylation sites (N-methyl/N-ethyl adjacent to an activating group) is 1. The van der Waals surface area contributed by atoms with Gasteiger partial charge in [0.2, 0.25) is 0 Å². The van der Waals surface area contributed by atoms with Crippen LogP contribution in [0.3, 0.4) is 0 Å². The minimum Gasteiger partial charge on any atom is -0.375 e. The van der Waals surface area contributed by atoms with Crippen molar-refractivity contribution in [3.05, 3.63) is 42.0 Å². The van der Waals surface area contributed by atoms with Crippen LogP contribution in [0.25, 0.3) is 0 Å². The number of nitrogens with zero attached hydrogens (tertiary/aromatic N) is 1. The molecule has 0 aliphatic carbocycles. The van der Waals surface area contributed by atoms with Gasteiger partial charge in [0, 0.05) is 19.0 Å². The molecule has 6 heteroatoms. The molecule has 1 heterocycles. The minimum absolute atomic E-state index is 0.0327. The zero-order chi connectivity index (χ0) is 14.4. The van der Waals surface area contributed by atoms with Crippen molar-refractivity contribution in [2.24, 2.45) is 0 Å². The van der Waals surface area contributed by atoms with Gasteiger partial charge in [-0.05, 0) is 6.07 Å². The fourth-order valence-corrected chi connectivity index (χ4v) is 2.37. The van der Waals surface area contributed by atoms with E-state index in [1.54, 1.807) is 0 Å². The lowest BCUT2D eigenvalue weighted by Gasteiger charge is -2.19. The summed E-state index contributed by atoms with van der Waals surface area (Å²) in [6.45, 7) is 3.42. The third-order valence-electron chi connectivity index (χ3n) is 3.22. The molecule has 0 saturated heterocycles. The van der Waals surface area contributed by atoms with E-state index in [9.17, 15) is 23.1 Å². The van der Waals surface area contributed by atoms with E-state index < -0.39 is 23.2 Å². The number of alkyl halides is 3. The van der Waals surface area contributed by atoms with Gasteiger partial charge < -0.3 is 10.0 Å². The van der Waals surface area contributed by atoms with Crippen molar-refractivity contribution in [3.63, 3.8) is 0 Å². The van der Waals surface area contributed by atoms with Gasteiger partial charge in [-0.3, -0.25) is 4.79 Å². The molecule has 0 bridgehead atoms. The first-order valence-corrected chi connectivity index (χ1v) is 5.55. The zero-order valence-corrected chi connectivity index (χ0v) is 10.2. The highest BCUT2D eigenvalue weighted by atomic mass is 19.4. The van der Waals surface area contributed by atoms with Gasteiger partial charge in [0.05, 0.1) is 11.3 Å². The summed E-state index contributed by atoms with van der Waals surface area (Å²) in [5, 5.41) is 10.3. The highest BCUT2D eigenvalue weighted by Gasteiger charge is 2.51. The summed E-state index contributed by atoms with van der Waals surface area (Å²) in [6, 6.07) is 3.40. The van der Waals surface area contributed by atoms with E-state index in [0.717, 1.165) is 11.0 Å². The van der Waals surface area contributed by atoms with Crippen molar-refractivity contribution in [3.8, 4) is 0 Å². The highest BCUT2D eigenvalue weighted by Crippen LogP contribution is 2.47. The van der Waals surface area contributed by atoms with Crippen LogP contribution in [0, 0.1) is 0 Å². The summed E-state index contributed by atoms with van der Waals surface area (Å²) in [4.78, 5) is 12.9. The molecular formula is C13H12F3NO2. The molecule has 0 unspecified atom stereocenters. The summed E-state index contributed by atoms with van der Waals surface area (Å²) in [7, 11) is 1.22. The molecule has 1 amide bonds. The molecule has 0 spiro atoms. The number of amides is 1. The van der Waals surface area contributed by atoms with Crippen LogP contribution in [-0.4, -0.2) is 18.1 Å². The predicted molar refractivity (Wildman–Crippen MR) is 63.6 cm³/mol. The van der Waals surface area contributed by atoms with Crippen LogP contribution in [-0.2, 0) is 16.6 Å². The molecule has 102 valence electrons. The molecule has 0 saturated carbocycles. The van der Waals surface area contributed by atoms with E-state index in [0.29, 0.717) is 0 Å². The van der Waals surface area contributed by atoms with Gasteiger partial charge in [0.25, 0.3) is 5.91 Å². The highest BCUT2D eigenvalue weighted by molar-refractivity contribution is 6.07. The number of para-hydroxylation sites is 1. The van der Waals surface area contributed by atoms with E-state index in [1.807, 2.05) is 0 Å². The first-order valence-electron chi connectivity index (χ1n) is 5.55. The zero-order valence-electron chi connectivity index (χ0n) is 10.2. The van der Waals surface area contributed by atoms with E-state index in [4.69, 9.17) is 0 Å². The summed E-state index contributed by atoms with van der Waals surface area (Å²) in [6.07, 6.45) is -3.41. The average molecular weight is 271 g/mol. The molecule has 19 heavy (non-hydrogen) atoms. The summed E-state index contributed by atoms with van der Waals surface area (Å²) in [5.41, 5.74) is -3.22. The molecule has 1 aliphatic heterocycles. The first kappa shape index (κ1) is 13.6. The lowest BCUT2D eigenvalue weighted by molar-refractivity contribution is -0.137. The summed E-state index contributed by atoms with van der Waals surface area (Å²) >= 11 is 0. The van der Waals surface area contributed by atoms with Gasteiger partial charge in [0.1, 0.15) is 0 Å². The quantitative estimate of drug-likeness (QED) is 0.839. The Morgan fingerprint density at radius 1 is 1.47 bits per heavy atom. The van der Waals surface area contributed by atoms with Gasteiger partial charge in [0.15, 0.2) is 5.60 Å². The van der Waals surface area contributed by atoms with Crippen LogP contribution >= 0.6 is 0 Å². The van der Waals surface area contributed by atoms with Gasteiger partial charge in [-0.2, -0.15) is 13.2 Å². The summed E-state index contributed by atoms with van der Waals surface area (Å²) < 4.78 is 38.8. The number of hydrogen-bond acceptors (Lipinski definition) is 2. The average Bonchev–Trinajstić information content (AvgIpc) is 2.52. The maximum Gasteiger partial charge on any atom is 0.418 e. The number of carbonyl (C=O) groups excluding carboxylic acids is 1. The monoisotopic (exact) mass is 271 g/mol. The molecule has 1 aromatic carbocycles.